The summed E-state index contributed by atoms with van der Waals surface area (Å²) in [7, 11) is 2.19. The van der Waals surface area contributed by atoms with Gasteiger partial charge in [-0.15, -0.1) is 0 Å². The van der Waals surface area contributed by atoms with Gasteiger partial charge in [0.25, 0.3) is 0 Å². The first-order valence-corrected chi connectivity index (χ1v) is 9.96. The number of rotatable bonds is 6. The SMILES string of the molecule is C.CN1CCC(COc2ccc(NCc3ccc4c(N)nccc4c3)cc2)CC1. The Balaban J connectivity index is 0.00000240. The molecule has 0 atom stereocenters. The maximum atomic E-state index is 5.99. The van der Waals surface area contributed by atoms with Crippen molar-refractivity contribution < 1.29 is 4.74 Å². The van der Waals surface area contributed by atoms with E-state index in [9.17, 15) is 0 Å². The molecule has 4 rings (SSSR count). The third-order valence-corrected chi connectivity index (χ3v) is 5.53. The first-order chi connectivity index (χ1) is 13.7. The molecule has 3 N–H and O–H groups in total. The van der Waals surface area contributed by atoms with Crippen LogP contribution in [0.1, 0.15) is 25.8 Å². The van der Waals surface area contributed by atoms with Gasteiger partial charge < -0.3 is 20.7 Å². The second-order valence-corrected chi connectivity index (χ2v) is 7.69. The lowest BCUT2D eigenvalue weighted by molar-refractivity contribution is 0.160. The zero-order chi connectivity index (χ0) is 19.3. The average Bonchev–Trinajstić information content (AvgIpc) is 2.73. The zero-order valence-corrected chi connectivity index (χ0v) is 16.4. The van der Waals surface area contributed by atoms with Gasteiger partial charge in [0.15, 0.2) is 0 Å². The van der Waals surface area contributed by atoms with Crippen LogP contribution < -0.4 is 15.8 Å². The van der Waals surface area contributed by atoms with Crippen LogP contribution in [0.4, 0.5) is 11.5 Å². The molecule has 1 aliphatic heterocycles. The molecule has 5 nitrogen and oxygen atoms in total. The predicted octanol–water partition coefficient (Wildman–Crippen LogP) is 4.79. The Kier molecular flexibility index (Phi) is 6.94. The van der Waals surface area contributed by atoms with E-state index in [1.54, 1.807) is 6.20 Å². The van der Waals surface area contributed by atoms with Gasteiger partial charge in [-0.05, 0) is 86.2 Å². The van der Waals surface area contributed by atoms with Crippen LogP contribution in [0, 0.1) is 5.92 Å². The third-order valence-electron chi connectivity index (χ3n) is 5.53. The Morgan fingerprint density at radius 2 is 1.86 bits per heavy atom. The summed E-state index contributed by atoms with van der Waals surface area (Å²) in [4.78, 5) is 6.52. The molecule has 3 aromatic rings. The van der Waals surface area contributed by atoms with Crippen molar-refractivity contribution in [3.8, 4) is 5.75 Å². The summed E-state index contributed by atoms with van der Waals surface area (Å²) < 4.78 is 5.99. The highest BCUT2D eigenvalue weighted by Crippen LogP contribution is 2.22. The van der Waals surface area contributed by atoms with E-state index in [1.165, 1.54) is 31.5 Å². The molecule has 1 fully saturated rings. The van der Waals surface area contributed by atoms with Crippen molar-refractivity contribution in [1.82, 2.24) is 9.88 Å². The van der Waals surface area contributed by atoms with Gasteiger partial charge in [-0.2, -0.15) is 0 Å². The normalized spacial score (nSPS) is 15.1. The van der Waals surface area contributed by atoms with Gasteiger partial charge in [0.05, 0.1) is 6.61 Å². The number of piperidine rings is 1. The molecule has 29 heavy (non-hydrogen) atoms. The van der Waals surface area contributed by atoms with Crippen molar-refractivity contribution in [3.63, 3.8) is 0 Å². The van der Waals surface area contributed by atoms with Crippen LogP contribution in [-0.2, 0) is 6.54 Å². The van der Waals surface area contributed by atoms with E-state index < -0.39 is 0 Å². The number of ether oxygens (including phenoxy) is 1. The fourth-order valence-corrected chi connectivity index (χ4v) is 3.68. The van der Waals surface area contributed by atoms with Crippen molar-refractivity contribution in [2.24, 2.45) is 5.92 Å². The summed E-state index contributed by atoms with van der Waals surface area (Å²) in [6, 6.07) is 16.5. The summed E-state index contributed by atoms with van der Waals surface area (Å²) in [5.41, 5.74) is 8.22. The van der Waals surface area contributed by atoms with Crippen LogP contribution >= 0.6 is 0 Å². The van der Waals surface area contributed by atoms with E-state index >= 15 is 0 Å². The van der Waals surface area contributed by atoms with E-state index in [1.807, 2.05) is 24.3 Å². The minimum Gasteiger partial charge on any atom is -0.493 e. The Morgan fingerprint density at radius 1 is 1.10 bits per heavy atom. The van der Waals surface area contributed by atoms with Crippen molar-refractivity contribution in [2.45, 2.75) is 26.8 Å². The lowest BCUT2D eigenvalue weighted by Crippen LogP contribution is -2.32. The maximum absolute atomic E-state index is 5.99. The number of benzene rings is 2. The standard InChI is InChI=1S/C23H28N4O.CH4/c1-27-12-9-17(10-13-27)16-28-21-5-3-20(4-6-21)26-15-18-2-7-22-19(14-18)8-11-25-23(22)24;/h2-8,11,14,17,26H,9-10,12-13,15-16H2,1H3,(H2,24,25);1H4. The molecule has 0 aliphatic carbocycles. The topological polar surface area (TPSA) is 63.4 Å². The van der Waals surface area contributed by atoms with Crippen LogP contribution in [0.2, 0.25) is 0 Å². The third kappa shape index (κ3) is 5.39. The fraction of sp³-hybridized carbons (Fsp3) is 0.375. The molecule has 2 aromatic carbocycles. The zero-order valence-electron chi connectivity index (χ0n) is 16.4. The summed E-state index contributed by atoms with van der Waals surface area (Å²) >= 11 is 0. The van der Waals surface area contributed by atoms with Gasteiger partial charge >= 0.3 is 0 Å². The lowest BCUT2D eigenvalue weighted by atomic mass is 9.98. The number of nitrogens with one attached hydrogen (secondary N) is 1. The van der Waals surface area contributed by atoms with Crippen LogP contribution in [0.3, 0.4) is 0 Å². The number of likely N-dealkylation sites (tertiary alicyclic amines) is 1. The number of anilines is 2. The number of nitrogens with two attached hydrogens (primary N) is 1. The predicted molar refractivity (Wildman–Crippen MR) is 122 cm³/mol. The molecule has 1 aliphatic rings. The quantitative estimate of drug-likeness (QED) is 0.632. The van der Waals surface area contributed by atoms with Crippen LogP contribution in [0.25, 0.3) is 10.8 Å². The molecular formula is C24H32N4O. The Bertz CT molecular complexity index is 918. The summed E-state index contributed by atoms with van der Waals surface area (Å²) in [6.07, 6.45) is 4.20. The molecule has 0 spiro atoms. The molecule has 0 unspecified atom stereocenters. The highest BCUT2D eigenvalue weighted by molar-refractivity contribution is 5.91. The van der Waals surface area contributed by atoms with Gasteiger partial charge in [0.1, 0.15) is 11.6 Å². The summed E-state index contributed by atoms with van der Waals surface area (Å²) in [5, 5.41) is 5.58. The van der Waals surface area contributed by atoms with Crippen molar-refractivity contribution in [3.05, 3.63) is 60.3 Å². The number of aromatic nitrogens is 1. The van der Waals surface area contributed by atoms with E-state index in [0.29, 0.717) is 11.7 Å². The monoisotopic (exact) mass is 392 g/mol. The van der Waals surface area contributed by atoms with Gasteiger partial charge in [-0.3, -0.25) is 0 Å². The highest BCUT2D eigenvalue weighted by atomic mass is 16.5. The smallest absolute Gasteiger partial charge is 0.131 e. The number of hydrogen-bond donors (Lipinski definition) is 2. The molecule has 5 heteroatoms. The number of nitrogen functional groups attached to an aromatic ring is 1. The van der Waals surface area contributed by atoms with Crippen LogP contribution in [-0.4, -0.2) is 36.6 Å². The van der Waals surface area contributed by atoms with Crippen molar-refractivity contribution in [1.29, 1.82) is 0 Å². The summed E-state index contributed by atoms with van der Waals surface area (Å²) in [6.45, 7) is 3.92. The maximum Gasteiger partial charge on any atom is 0.131 e. The molecule has 1 saturated heterocycles. The summed E-state index contributed by atoms with van der Waals surface area (Å²) in [5.74, 6) is 2.19. The van der Waals surface area contributed by atoms with Crippen LogP contribution in [0.5, 0.6) is 5.75 Å². The lowest BCUT2D eigenvalue weighted by Gasteiger charge is -2.28. The second-order valence-electron chi connectivity index (χ2n) is 7.69. The minimum atomic E-state index is 0. The second kappa shape index (κ2) is 9.61. The largest absolute Gasteiger partial charge is 0.493 e. The molecule has 2 heterocycles. The first-order valence-electron chi connectivity index (χ1n) is 9.96. The van der Waals surface area contributed by atoms with Gasteiger partial charge in [0, 0.05) is 23.8 Å². The van der Waals surface area contributed by atoms with E-state index in [0.717, 1.165) is 35.4 Å². The molecule has 0 saturated carbocycles. The number of fused-ring (bicyclic) bond motifs is 1. The van der Waals surface area contributed by atoms with Crippen molar-refractivity contribution in [2.75, 3.05) is 37.8 Å². The Labute approximate surface area is 173 Å². The van der Waals surface area contributed by atoms with Gasteiger partial charge in [-0.25, -0.2) is 4.98 Å². The molecule has 1 aromatic heterocycles. The molecule has 0 amide bonds. The Morgan fingerprint density at radius 3 is 2.62 bits per heavy atom. The van der Waals surface area contributed by atoms with E-state index in [-0.39, 0.29) is 7.43 Å². The highest BCUT2D eigenvalue weighted by Gasteiger charge is 2.17. The van der Waals surface area contributed by atoms with Gasteiger partial charge in [0.2, 0.25) is 0 Å². The Hall–Kier alpha value is -2.79. The number of pyridine rings is 1. The first kappa shape index (κ1) is 20.9. The van der Waals surface area contributed by atoms with Crippen LogP contribution in [0.15, 0.2) is 54.7 Å². The number of hydrogen-bond acceptors (Lipinski definition) is 5. The van der Waals surface area contributed by atoms with E-state index in [4.69, 9.17) is 10.5 Å². The molecule has 0 bridgehead atoms. The number of nitrogens with zero attached hydrogens (tertiary/aromatic N) is 2. The average molecular weight is 393 g/mol. The van der Waals surface area contributed by atoms with Gasteiger partial charge in [-0.1, -0.05) is 19.6 Å². The molecular weight excluding hydrogens is 360 g/mol. The molecule has 0 radical (unpaired) electrons. The minimum absolute atomic E-state index is 0. The van der Waals surface area contributed by atoms with E-state index in [2.05, 4.69) is 46.5 Å². The molecule has 154 valence electrons. The van der Waals surface area contributed by atoms with Crippen molar-refractivity contribution >= 4 is 22.3 Å². The fourth-order valence-electron chi connectivity index (χ4n) is 3.68.